The lowest BCUT2D eigenvalue weighted by molar-refractivity contribution is 0.249. The van der Waals surface area contributed by atoms with Gasteiger partial charge in [-0.1, -0.05) is 13.8 Å². The molecule has 1 spiro atoms. The molecule has 27 heavy (non-hydrogen) atoms. The summed E-state index contributed by atoms with van der Waals surface area (Å²) < 4.78 is 29.6. The largest absolute Gasteiger partial charge is 0.353 e. The van der Waals surface area contributed by atoms with Crippen molar-refractivity contribution >= 4 is 27.1 Å². The average molecular weight is 393 g/mol. The Kier molecular flexibility index (Phi) is 4.64. The van der Waals surface area contributed by atoms with Gasteiger partial charge in [-0.2, -0.15) is 17.0 Å². The second kappa shape index (κ2) is 6.72. The minimum atomic E-state index is -3.44. The van der Waals surface area contributed by atoms with E-state index in [9.17, 15) is 8.42 Å². The van der Waals surface area contributed by atoms with E-state index in [2.05, 4.69) is 33.7 Å². The molecule has 1 saturated carbocycles. The van der Waals surface area contributed by atoms with Gasteiger partial charge in [-0.05, 0) is 31.2 Å². The van der Waals surface area contributed by atoms with Crippen molar-refractivity contribution in [2.75, 3.05) is 38.1 Å². The predicted octanol–water partition coefficient (Wildman–Crippen LogP) is 1.84. The van der Waals surface area contributed by atoms with E-state index in [-0.39, 0.29) is 5.54 Å². The Hall–Kier alpha value is -1.71. The summed E-state index contributed by atoms with van der Waals surface area (Å²) in [5.41, 5.74) is 0.518. The van der Waals surface area contributed by atoms with Gasteiger partial charge >= 0.3 is 0 Å². The Morgan fingerprint density at radius 1 is 1.30 bits per heavy atom. The SMILES string of the molecule is CC(C)CCN(C)S(=O)(=O)N1CCN(c2ncnc3[nH]ccc23)CC12CC2. The number of aromatic amines is 1. The minimum absolute atomic E-state index is 0.295. The highest BCUT2D eigenvalue weighted by Gasteiger charge is 2.56. The van der Waals surface area contributed by atoms with E-state index in [1.165, 1.54) is 4.31 Å². The third-order valence-electron chi connectivity index (χ3n) is 5.74. The molecule has 1 saturated heterocycles. The van der Waals surface area contributed by atoms with E-state index >= 15 is 0 Å². The summed E-state index contributed by atoms with van der Waals surface area (Å²) in [7, 11) is -1.74. The number of H-pyrrole nitrogens is 1. The summed E-state index contributed by atoms with van der Waals surface area (Å²) in [5, 5.41) is 0.985. The lowest BCUT2D eigenvalue weighted by Gasteiger charge is -2.43. The molecular formula is C18H28N6O2S. The van der Waals surface area contributed by atoms with Crippen molar-refractivity contribution in [1.29, 1.82) is 0 Å². The van der Waals surface area contributed by atoms with Gasteiger partial charge in [0.1, 0.15) is 17.8 Å². The number of hydrogen-bond acceptors (Lipinski definition) is 5. The molecular weight excluding hydrogens is 364 g/mol. The van der Waals surface area contributed by atoms with Gasteiger partial charge in [-0.25, -0.2) is 9.97 Å². The second-order valence-electron chi connectivity index (χ2n) is 8.17. The fraction of sp³-hybridized carbons (Fsp3) is 0.667. The van der Waals surface area contributed by atoms with E-state index in [1.54, 1.807) is 17.7 Å². The molecule has 8 nitrogen and oxygen atoms in total. The Labute approximate surface area is 160 Å². The van der Waals surface area contributed by atoms with Crippen LogP contribution in [0.5, 0.6) is 0 Å². The van der Waals surface area contributed by atoms with Gasteiger partial charge < -0.3 is 9.88 Å². The molecule has 3 heterocycles. The van der Waals surface area contributed by atoms with Crippen LogP contribution in [0.2, 0.25) is 0 Å². The number of rotatable bonds is 6. The fourth-order valence-corrected chi connectivity index (χ4v) is 5.60. The minimum Gasteiger partial charge on any atom is -0.353 e. The van der Waals surface area contributed by atoms with E-state index in [1.807, 2.05) is 12.3 Å². The number of hydrogen-bond donors (Lipinski definition) is 1. The molecule has 0 radical (unpaired) electrons. The number of fused-ring (bicyclic) bond motifs is 1. The highest BCUT2D eigenvalue weighted by atomic mass is 32.2. The molecule has 0 aromatic carbocycles. The number of nitrogens with zero attached hydrogens (tertiary/aromatic N) is 5. The highest BCUT2D eigenvalue weighted by Crippen LogP contribution is 2.47. The van der Waals surface area contributed by atoms with Crippen LogP contribution in [0.25, 0.3) is 11.0 Å². The molecule has 0 unspecified atom stereocenters. The Morgan fingerprint density at radius 2 is 2.07 bits per heavy atom. The van der Waals surface area contributed by atoms with Crippen LogP contribution in [-0.2, 0) is 10.2 Å². The van der Waals surface area contributed by atoms with E-state index in [0.29, 0.717) is 32.1 Å². The summed E-state index contributed by atoms with van der Waals surface area (Å²) in [4.78, 5) is 14.1. The lowest BCUT2D eigenvalue weighted by atomic mass is 10.1. The van der Waals surface area contributed by atoms with Crippen molar-refractivity contribution in [1.82, 2.24) is 23.6 Å². The number of aromatic nitrogens is 3. The van der Waals surface area contributed by atoms with E-state index in [4.69, 9.17) is 0 Å². The standard InChI is InChI=1S/C18H28N6O2S/c1-14(2)5-9-22(3)27(25,26)24-11-10-23(12-18(24)6-7-18)17-15-4-8-19-16(15)20-13-21-17/h4,8,13-14H,5-7,9-12H2,1-3H3,(H,19,20,21). The van der Waals surface area contributed by atoms with Crippen molar-refractivity contribution in [3.8, 4) is 0 Å². The number of nitrogens with one attached hydrogen (secondary N) is 1. The summed E-state index contributed by atoms with van der Waals surface area (Å²) in [6.07, 6.45) is 6.11. The Morgan fingerprint density at radius 3 is 2.78 bits per heavy atom. The first-order valence-electron chi connectivity index (χ1n) is 9.61. The van der Waals surface area contributed by atoms with Crippen LogP contribution in [0.1, 0.15) is 33.1 Å². The third kappa shape index (κ3) is 3.32. The van der Waals surface area contributed by atoms with Gasteiger partial charge in [-0.15, -0.1) is 0 Å². The molecule has 0 bridgehead atoms. The van der Waals surface area contributed by atoms with Crippen LogP contribution in [0.4, 0.5) is 5.82 Å². The van der Waals surface area contributed by atoms with Crippen LogP contribution >= 0.6 is 0 Å². The predicted molar refractivity (Wildman–Crippen MR) is 106 cm³/mol. The fourth-order valence-electron chi connectivity index (χ4n) is 3.89. The van der Waals surface area contributed by atoms with Crippen LogP contribution in [0.15, 0.2) is 18.6 Å². The normalized spacial score (nSPS) is 20.3. The molecule has 2 aromatic heterocycles. The molecule has 1 aliphatic heterocycles. The third-order valence-corrected chi connectivity index (χ3v) is 7.84. The molecule has 1 aliphatic carbocycles. The second-order valence-corrected chi connectivity index (χ2v) is 10.1. The molecule has 4 rings (SSSR count). The van der Waals surface area contributed by atoms with Crippen molar-refractivity contribution in [2.24, 2.45) is 5.92 Å². The smallest absolute Gasteiger partial charge is 0.282 e. The van der Waals surface area contributed by atoms with Gasteiger partial charge in [0, 0.05) is 39.4 Å². The molecule has 0 amide bonds. The molecule has 0 atom stereocenters. The first-order chi connectivity index (χ1) is 12.8. The molecule has 2 aliphatic rings. The summed E-state index contributed by atoms with van der Waals surface area (Å²) in [6, 6.07) is 1.98. The zero-order valence-corrected chi connectivity index (χ0v) is 17.0. The van der Waals surface area contributed by atoms with Gasteiger partial charge in [0.25, 0.3) is 10.2 Å². The molecule has 1 N–H and O–H groups in total. The molecule has 148 valence electrons. The van der Waals surface area contributed by atoms with Crippen LogP contribution in [0, 0.1) is 5.92 Å². The zero-order valence-electron chi connectivity index (χ0n) is 16.2. The number of piperazine rings is 1. The molecule has 9 heteroatoms. The van der Waals surface area contributed by atoms with Crippen LogP contribution in [0.3, 0.4) is 0 Å². The monoisotopic (exact) mass is 392 g/mol. The van der Waals surface area contributed by atoms with Crippen molar-refractivity contribution < 1.29 is 8.42 Å². The first-order valence-corrected chi connectivity index (χ1v) is 11.0. The average Bonchev–Trinajstić information content (AvgIpc) is 3.20. The summed E-state index contributed by atoms with van der Waals surface area (Å²) >= 11 is 0. The van der Waals surface area contributed by atoms with Gasteiger partial charge in [0.05, 0.1) is 10.9 Å². The van der Waals surface area contributed by atoms with Gasteiger partial charge in [-0.3, -0.25) is 0 Å². The van der Waals surface area contributed by atoms with Crippen molar-refractivity contribution in [3.05, 3.63) is 18.6 Å². The van der Waals surface area contributed by atoms with Gasteiger partial charge in [0.15, 0.2) is 0 Å². The molecule has 2 fully saturated rings. The van der Waals surface area contributed by atoms with E-state index in [0.717, 1.165) is 36.1 Å². The number of anilines is 1. The molecule has 2 aromatic rings. The van der Waals surface area contributed by atoms with Crippen LogP contribution < -0.4 is 4.90 Å². The van der Waals surface area contributed by atoms with E-state index < -0.39 is 10.2 Å². The maximum Gasteiger partial charge on any atom is 0.282 e. The highest BCUT2D eigenvalue weighted by molar-refractivity contribution is 7.86. The Bertz CT molecular complexity index is 921. The summed E-state index contributed by atoms with van der Waals surface area (Å²) in [5.74, 6) is 1.37. The van der Waals surface area contributed by atoms with Gasteiger partial charge in [0.2, 0.25) is 0 Å². The summed E-state index contributed by atoms with van der Waals surface area (Å²) in [6.45, 7) is 6.60. The Balaban J connectivity index is 1.54. The lowest BCUT2D eigenvalue weighted by Crippen LogP contribution is -2.59. The van der Waals surface area contributed by atoms with Crippen LogP contribution in [-0.4, -0.2) is 70.7 Å². The first kappa shape index (κ1) is 18.6. The van der Waals surface area contributed by atoms with Crippen molar-refractivity contribution in [2.45, 2.75) is 38.6 Å². The maximum atomic E-state index is 13.2. The quantitative estimate of drug-likeness (QED) is 0.811. The maximum absolute atomic E-state index is 13.2. The topological polar surface area (TPSA) is 85.4 Å². The zero-order chi connectivity index (χ0) is 19.2. The van der Waals surface area contributed by atoms with Crippen molar-refractivity contribution in [3.63, 3.8) is 0 Å².